The van der Waals surface area contributed by atoms with Crippen LogP contribution in [0.25, 0.3) is 0 Å². The van der Waals surface area contributed by atoms with Crippen molar-refractivity contribution in [1.82, 2.24) is 4.90 Å². The van der Waals surface area contributed by atoms with Crippen LogP contribution in [0.5, 0.6) is 0 Å². The molecule has 7 heteroatoms. The van der Waals surface area contributed by atoms with Crippen LogP contribution in [0.4, 0.5) is 10.5 Å². The van der Waals surface area contributed by atoms with Gasteiger partial charge in [-0.3, -0.25) is 9.59 Å². The number of piperidine rings is 1. The van der Waals surface area contributed by atoms with Gasteiger partial charge in [0.2, 0.25) is 11.8 Å². The summed E-state index contributed by atoms with van der Waals surface area (Å²) < 4.78 is 5.36. The van der Waals surface area contributed by atoms with E-state index in [-0.39, 0.29) is 24.3 Å². The molecule has 1 heterocycles. The van der Waals surface area contributed by atoms with Gasteiger partial charge in [0.05, 0.1) is 6.42 Å². The summed E-state index contributed by atoms with van der Waals surface area (Å²) in [7, 11) is 0. The van der Waals surface area contributed by atoms with Crippen molar-refractivity contribution in [3.05, 3.63) is 29.8 Å². The number of hydrogen-bond acceptors (Lipinski definition) is 4. The first-order valence-corrected chi connectivity index (χ1v) is 8.80. The number of likely N-dealkylation sites (tertiary alicyclic amines) is 1. The maximum absolute atomic E-state index is 12.4. The largest absolute Gasteiger partial charge is 0.444 e. The summed E-state index contributed by atoms with van der Waals surface area (Å²) in [5, 5.41) is 2.88. The molecule has 26 heavy (non-hydrogen) atoms. The van der Waals surface area contributed by atoms with Gasteiger partial charge < -0.3 is 20.7 Å². The number of rotatable bonds is 4. The lowest BCUT2D eigenvalue weighted by Gasteiger charge is -2.32. The van der Waals surface area contributed by atoms with E-state index in [0.29, 0.717) is 31.6 Å². The number of primary amides is 1. The Labute approximate surface area is 153 Å². The number of nitrogens with one attached hydrogen (secondary N) is 1. The molecule has 1 saturated heterocycles. The molecule has 142 valence electrons. The molecule has 1 aromatic carbocycles. The van der Waals surface area contributed by atoms with E-state index < -0.39 is 11.5 Å². The number of anilines is 1. The molecule has 0 aromatic heterocycles. The number of nitrogens with two attached hydrogens (primary N) is 1. The monoisotopic (exact) mass is 361 g/mol. The summed E-state index contributed by atoms with van der Waals surface area (Å²) in [4.78, 5) is 37.0. The van der Waals surface area contributed by atoms with Gasteiger partial charge >= 0.3 is 6.09 Å². The Bertz CT molecular complexity index is 656. The van der Waals surface area contributed by atoms with Gasteiger partial charge in [-0.05, 0) is 51.3 Å². The van der Waals surface area contributed by atoms with Crippen LogP contribution in [0.3, 0.4) is 0 Å². The zero-order valence-corrected chi connectivity index (χ0v) is 15.6. The lowest BCUT2D eigenvalue weighted by atomic mass is 9.96. The third kappa shape index (κ3) is 6.06. The third-order valence-electron chi connectivity index (χ3n) is 4.12. The fourth-order valence-electron chi connectivity index (χ4n) is 2.80. The Hall–Kier alpha value is -2.57. The molecule has 3 amide bonds. The number of amides is 3. The van der Waals surface area contributed by atoms with E-state index in [0.717, 1.165) is 5.56 Å². The molecule has 3 N–H and O–H groups in total. The first-order valence-electron chi connectivity index (χ1n) is 8.80. The molecule has 1 aliphatic rings. The molecule has 1 aromatic rings. The van der Waals surface area contributed by atoms with Crippen molar-refractivity contribution in [3.63, 3.8) is 0 Å². The number of benzene rings is 1. The number of carbonyl (C=O) groups is 3. The Morgan fingerprint density at radius 2 is 1.73 bits per heavy atom. The van der Waals surface area contributed by atoms with Crippen molar-refractivity contribution in [2.75, 3.05) is 18.4 Å². The van der Waals surface area contributed by atoms with Gasteiger partial charge in [-0.1, -0.05) is 12.1 Å². The molecular weight excluding hydrogens is 334 g/mol. The molecule has 0 radical (unpaired) electrons. The van der Waals surface area contributed by atoms with Crippen molar-refractivity contribution < 1.29 is 19.1 Å². The van der Waals surface area contributed by atoms with Crippen LogP contribution in [0, 0.1) is 5.92 Å². The van der Waals surface area contributed by atoms with Crippen LogP contribution in [0.15, 0.2) is 24.3 Å². The van der Waals surface area contributed by atoms with E-state index >= 15 is 0 Å². The zero-order chi connectivity index (χ0) is 19.3. The van der Waals surface area contributed by atoms with E-state index in [4.69, 9.17) is 10.5 Å². The second-order valence-corrected chi connectivity index (χ2v) is 7.57. The Balaban J connectivity index is 1.83. The highest BCUT2D eigenvalue weighted by molar-refractivity contribution is 5.92. The minimum atomic E-state index is -0.522. The van der Waals surface area contributed by atoms with Gasteiger partial charge in [-0.2, -0.15) is 0 Å². The van der Waals surface area contributed by atoms with E-state index in [2.05, 4.69) is 5.32 Å². The lowest BCUT2D eigenvalue weighted by Crippen LogP contribution is -2.43. The van der Waals surface area contributed by atoms with Crippen molar-refractivity contribution in [2.24, 2.45) is 11.7 Å². The Kier molecular flexibility index (Phi) is 6.23. The second-order valence-electron chi connectivity index (χ2n) is 7.57. The van der Waals surface area contributed by atoms with E-state index in [9.17, 15) is 14.4 Å². The van der Waals surface area contributed by atoms with Crippen LogP contribution >= 0.6 is 0 Å². The number of ether oxygens (including phenoxy) is 1. The van der Waals surface area contributed by atoms with Crippen LogP contribution in [0.1, 0.15) is 39.2 Å². The highest BCUT2D eigenvalue weighted by Gasteiger charge is 2.29. The molecule has 0 atom stereocenters. The Morgan fingerprint density at radius 1 is 1.15 bits per heavy atom. The maximum atomic E-state index is 12.4. The molecular formula is C19H27N3O4. The van der Waals surface area contributed by atoms with Crippen molar-refractivity contribution in [1.29, 1.82) is 0 Å². The summed E-state index contributed by atoms with van der Waals surface area (Å²) in [6.45, 7) is 6.51. The number of nitrogens with zero attached hydrogens (tertiary/aromatic N) is 1. The molecule has 0 unspecified atom stereocenters. The maximum Gasteiger partial charge on any atom is 0.410 e. The summed E-state index contributed by atoms with van der Waals surface area (Å²) in [5.74, 6) is -0.589. The second kappa shape index (κ2) is 8.21. The van der Waals surface area contributed by atoms with Gasteiger partial charge in [-0.25, -0.2) is 4.79 Å². The minimum Gasteiger partial charge on any atom is -0.444 e. The fourth-order valence-corrected chi connectivity index (χ4v) is 2.80. The van der Waals surface area contributed by atoms with Crippen molar-refractivity contribution in [3.8, 4) is 0 Å². The van der Waals surface area contributed by atoms with Gasteiger partial charge in [-0.15, -0.1) is 0 Å². The predicted octanol–water partition coefficient (Wildman–Crippen LogP) is 2.30. The molecule has 1 fully saturated rings. The van der Waals surface area contributed by atoms with Crippen LogP contribution in [-0.4, -0.2) is 41.5 Å². The molecule has 1 aliphatic heterocycles. The van der Waals surface area contributed by atoms with Crippen molar-refractivity contribution >= 4 is 23.6 Å². The first kappa shape index (κ1) is 19.8. The molecule has 0 bridgehead atoms. The van der Waals surface area contributed by atoms with Crippen LogP contribution in [-0.2, 0) is 20.7 Å². The highest BCUT2D eigenvalue weighted by atomic mass is 16.6. The number of carbonyl (C=O) groups excluding carboxylic acids is 3. The topological polar surface area (TPSA) is 102 Å². The third-order valence-corrected chi connectivity index (χ3v) is 4.12. The van der Waals surface area contributed by atoms with Gasteiger partial charge in [0, 0.05) is 24.7 Å². The van der Waals surface area contributed by atoms with Gasteiger partial charge in [0.15, 0.2) is 0 Å². The first-order chi connectivity index (χ1) is 12.1. The molecule has 0 aliphatic carbocycles. The smallest absolute Gasteiger partial charge is 0.410 e. The van der Waals surface area contributed by atoms with Gasteiger partial charge in [0.1, 0.15) is 5.60 Å². The van der Waals surface area contributed by atoms with E-state index in [1.54, 1.807) is 29.2 Å². The van der Waals surface area contributed by atoms with E-state index in [1.807, 2.05) is 20.8 Å². The zero-order valence-electron chi connectivity index (χ0n) is 15.6. The van der Waals surface area contributed by atoms with Gasteiger partial charge in [0.25, 0.3) is 0 Å². The minimum absolute atomic E-state index is 0.0588. The summed E-state index contributed by atoms with van der Waals surface area (Å²) >= 11 is 0. The quantitative estimate of drug-likeness (QED) is 0.859. The predicted molar refractivity (Wildman–Crippen MR) is 98.5 cm³/mol. The average molecular weight is 361 g/mol. The molecule has 0 saturated carbocycles. The standard InChI is InChI=1S/C19H27N3O4/c1-19(2,3)26-18(25)22-10-8-14(9-11-22)17(24)21-15-6-4-13(5-7-15)12-16(20)23/h4-7,14H,8-12H2,1-3H3,(H2,20,23)(H,21,24). The highest BCUT2D eigenvalue weighted by Crippen LogP contribution is 2.21. The van der Waals surface area contributed by atoms with Crippen LogP contribution < -0.4 is 11.1 Å². The normalized spacial score (nSPS) is 15.4. The fraction of sp³-hybridized carbons (Fsp3) is 0.526. The average Bonchev–Trinajstić information content (AvgIpc) is 2.55. The summed E-state index contributed by atoms with van der Waals surface area (Å²) in [6.07, 6.45) is 1.05. The van der Waals surface area contributed by atoms with Crippen molar-refractivity contribution in [2.45, 2.75) is 45.6 Å². The van der Waals surface area contributed by atoms with E-state index in [1.165, 1.54) is 0 Å². The molecule has 2 rings (SSSR count). The van der Waals surface area contributed by atoms with Crippen LogP contribution in [0.2, 0.25) is 0 Å². The number of hydrogen-bond donors (Lipinski definition) is 2. The molecule has 7 nitrogen and oxygen atoms in total. The lowest BCUT2D eigenvalue weighted by molar-refractivity contribution is -0.121. The molecule has 0 spiro atoms. The SMILES string of the molecule is CC(C)(C)OC(=O)N1CCC(C(=O)Nc2ccc(CC(N)=O)cc2)CC1. The Morgan fingerprint density at radius 3 is 2.23 bits per heavy atom. The summed E-state index contributed by atoms with van der Waals surface area (Å²) in [5.41, 5.74) is 6.12. The summed E-state index contributed by atoms with van der Waals surface area (Å²) in [6, 6.07) is 7.05.